The molecular weight excluding hydrogens is 240 g/mol. The number of ether oxygens (including phenoxy) is 1. The third kappa shape index (κ3) is 3.35. The van der Waals surface area contributed by atoms with Crippen LogP contribution in [0, 0.1) is 0 Å². The summed E-state index contributed by atoms with van der Waals surface area (Å²) in [5.41, 5.74) is 0. The van der Waals surface area contributed by atoms with Gasteiger partial charge in [0, 0.05) is 25.1 Å². The normalized spacial score (nSPS) is 23.1. The number of rotatable bonds is 5. The SMILES string of the molecule is CCNc1cc(NC2CCCOC2)nc(C2CC2)n1. The Kier molecular flexibility index (Phi) is 3.82. The predicted molar refractivity (Wildman–Crippen MR) is 75.6 cm³/mol. The Labute approximate surface area is 114 Å². The van der Waals surface area contributed by atoms with Gasteiger partial charge in [0.05, 0.1) is 12.6 Å². The molecule has 1 aliphatic heterocycles. The van der Waals surface area contributed by atoms with Gasteiger partial charge in [0.2, 0.25) is 0 Å². The van der Waals surface area contributed by atoms with Crippen LogP contribution in [0.1, 0.15) is 44.3 Å². The second-order valence-corrected chi connectivity index (χ2v) is 5.36. The van der Waals surface area contributed by atoms with Crippen LogP contribution in [0.2, 0.25) is 0 Å². The molecule has 1 saturated carbocycles. The number of aromatic nitrogens is 2. The van der Waals surface area contributed by atoms with Crippen LogP contribution in [0.4, 0.5) is 11.6 Å². The molecule has 2 fully saturated rings. The van der Waals surface area contributed by atoms with Crippen molar-refractivity contribution < 1.29 is 4.74 Å². The number of nitrogens with zero attached hydrogens (tertiary/aromatic N) is 2. The molecule has 3 rings (SSSR count). The van der Waals surface area contributed by atoms with Gasteiger partial charge in [0.15, 0.2) is 0 Å². The van der Waals surface area contributed by atoms with Gasteiger partial charge in [-0.1, -0.05) is 0 Å². The summed E-state index contributed by atoms with van der Waals surface area (Å²) in [5.74, 6) is 3.42. The summed E-state index contributed by atoms with van der Waals surface area (Å²) < 4.78 is 5.50. The second kappa shape index (κ2) is 5.74. The minimum atomic E-state index is 0.380. The van der Waals surface area contributed by atoms with E-state index in [4.69, 9.17) is 4.74 Å². The molecule has 104 valence electrons. The highest BCUT2D eigenvalue weighted by Gasteiger charge is 2.27. The van der Waals surface area contributed by atoms with E-state index in [1.807, 2.05) is 6.07 Å². The van der Waals surface area contributed by atoms with Crippen LogP contribution in [0.15, 0.2) is 6.07 Å². The summed E-state index contributed by atoms with van der Waals surface area (Å²) in [5, 5.41) is 6.77. The smallest absolute Gasteiger partial charge is 0.136 e. The molecule has 2 N–H and O–H groups in total. The topological polar surface area (TPSA) is 59.1 Å². The summed E-state index contributed by atoms with van der Waals surface area (Å²) in [6.07, 6.45) is 4.72. The van der Waals surface area contributed by atoms with Gasteiger partial charge in [-0.2, -0.15) is 0 Å². The first-order valence-corrected chi connectivity index (χ1v) is 7.32. The van der Waals surface area contributed by atoms with Gasteiger partial charge in [-0.25, -0.2) is 9.97 Å². The van der Waals surface area contributed by atoms with Crippen LogP contribution in [0.3, 0.4) is 0 Å². The molecule has 1 atom stereocenters. The largest absolute Gasteiger partial charge is 0.379 e. The molecule has 0 spiro atoms. The lowest BCUT2D eigenvalue weighted by molar-refractivity contribution is 0.0875. The number of anilines is 2. The zero-order valence-electron chi connectivity index (χ0n) is 11.5. The van der Waals surface area contributed by atoms with E-state index in [9.17, 15) is 0 Å². The van der Waals surface area contributed by atoms with Crippen molar-refractivity contribution >= 4 is 11.6 Å². The van der Waals surface area contributed by atoms with Crippen LogP contribution >= 0.6 is 0 Å². The maximum absolute atomic E-state index is 5.50. The highest BCUT2D eigenvalue weighted by molar-refractivity contribution is 5.48. The molecule has 5 heteroatoms. The van der Waals surface area contributed by atoms with E-state index in [2.05, 4.69) is 27.5 Å². The third-order valence-corrected chi connectivity index (χ3v) is 3.56. The molecule has 0 amide bonds. The van der Waals surface area contributed by atoms with Gasteiger partial charge in [-0.05, 0) is 32.6 Å². The average Bonchev–Trinajstić information content (AvgIpc) is 3.24. The molecule has 0 bridgehead atoms. The van der Waals surface area contributed by atoms with E-state index in [-0.39, 0.29) is 0 Å². The van der Waals surface area contributed by atoms with Gasteiger partial charge in [0.25, 0.3) is 0 Å². The van der Waals surface area contributed by atoms with Gasteiger partial charge < -0.3 is 15.4 Å². The molecule has 1 aromatic heterocycles. The maximum Gasteiger partial charge on any atom is 0.136 e. The van der Waals surface area contributed by atoms with Crippen molar-refractivity contribution in [2.75, 3.05) is 30.4 Å². The fraction of sp³-hybridized carbons (Fsp3) is 0.714. The first kappa shape index (κ1) is 12.7. The molecule has 1 saturated heterocycles. The maximum atomic E-state index is 5.50. The Morgan fingerprint density at radius 1 is 1.26 bits per heavy atom. The molecule has 1 aliphatic carbocycles. The monoisotopic (exact) mass is 262 g/mol. The van der Waals surface area contributed by atoms with Crippen LogP contribution in [-0.2, 0) is 4.74 Å². The molecule has 2 heterocycles. The quantitative estimate of drug-likeness (QED) is 0.853. The minimum absolute atomic E-state index is 0.380. The Balaban J connectivity index is 1.74. The van der Waals surface area contributed by atoms with Gasteiger partial charge in [-0.15, -0.1) is 0 Å². The van der Waals surface area contributed by atoms with Crippen LogP contribution in [-0.4, -0.2) is 35.8 Å². The third-order valence-electron chi connectivity index (χ3n) is 3.56. The van der Waals surface area contributed by atoms with E-state index < -0.39 is 0 Å². The Bertz CT molecular complexity index is 427. The van der Waals surface area contributed by atoms with E-state index >= 15 is 0 Å². The number of hydrogen-bond donors (Lipinski definition) is 2. The summed E-state index contributed by atoms with van der Waals surface area (Å²) in [4.78, 5) is 9.24. The fourth-order valence-corrected chi connectivity index (χ4v) is 2.40. The molecule has 0 aromatic carbocycles. The van der Waals surface area contributed by atoms with E-state index in [1.165, 1.54) is 12.8 Å². The summed E-state index contributed by atoms with van der Waals surface area (Å²) in [6.45, 7) is 4.63. The summed E-state index contributed by atoms with van der Waals surface area (Å²) in [6, 6.07) is 2.38. The Hall–Kier alpha value is -1.36. The fourth-order valence-electron chi connectivity index (χ4n) is 2.40. The van der Waals surface area contributed by atoms with E-state index in [1.54, 1.807) is 0 Å². The lowest BCUT2D eigenvalue weighted by Gasteiger charge is -2.24. The molecule has 5 nitrogen and oxygen atoms in total. The number of nitrogens with one attached hydrogen (secondary N) is 2. The molecule has 19 heavy (non-hydrogen) atoms. The average molecular weight is 262 g/mol. The molecule has 1 aromatic rings. The van der Waals surface area contributed by atoms with Crippen molar-refractivity contribution in [3.8, 4) is 0 Å². The van der Waals surface area contributed by atoms with Gasteiger partial charge in [0.1, 0.15) is 17.5 Å². The minimum Gasteiger partial charge on any atom is -0.379 e. The van der Waals surface area contributed by atoms with Crippen molar-refractivity contribution in [2.45, 2.75) is 44.6 Å². The first-order valence-electron chi connectivity index (χ1n) is 7.32. The molecule has 0 radical (unpaired) electrons. The van der Waals surface area contributed by atoms with Crippen LogP contribution in [0.5, 0.6) is 0 Å². The number of hydrogen-bond acceptors (Lipinski definition) is 5. The van der Waals surface area contributed by atoms with Crippen molar-refractivity contribution in [3.05, 3.63) is 11.9 Å². The highest BCUT2D eigenvalue weighted by atomic mass is 16.5. The van der Waals surface area contributed by atoms with Crippen molar-refractivity contribution in [1.29, 1.82) is 0 Å². The van der Waals surface area contributed by atoms with Crippen LogP contribution in [0.25, 0.3) is 0 Å². The van der Waals surface area contributed by atoms with Crippen molar-refractivity contribution in [2.24, 2.45) is 0 Å². The highest BCUT2D eigenvalue weighted by Crippen LogP contribution is 2.38. The lowest BCUT2D eigenvalue weighted by Crippen LogP contribution is -2.30. The Morgan fingerprint density at radius 3 is 2.79 bits per heavy atom. The van der Waals surface area contributed by atoms with Crippen molar-refractivity contribution in [3.63, 3.8) is 0 Å². The lowest BCUT2D eigenvalue weighted by atomic mass is 10.1. The van der Waals surface area contributed by atoms with E-state index in [0.29, 0.717) is 12.0 Å². The second-order valence-electron chi connectivity index (χ2n) is 5.36. The molecular formula is C14H22N4O. The molecule has 2 aliphatic rings. The molecule has 1 unspecified atom stereocenters. The summed E-state index contributed by atoms with van der Waals surface area (Å²) in [7, 11) is 0. The zero-order valence-corrected chi connectivity index (χ0v) is 11.5. The Morgan fingerprint density at radius 2 is 2.11 bits per heavy atom. The predicted octanol–water partition coefficient (Wildman–Crippen LogP) is 2.38. The van der Waals surface area contributed by atoms with Gasteiger partial charge in [-0.3, -0.25) is 0 Å². The van der Waals surface area contributed by atoms with E-state index in [0.717, 1.165) is 50.1 Å². The van der Waals surface area contributed by atoms with Crippen molar-refractivity contribution in [1.82, 2.24) is 9.97 Å². The summed E-state index contributed by atoms with van der Waals surface area (Å²) >= 11 is 0. The zero-order chi connectivity index (χ0) is 13.1. The first-order chi connectivity index (χ1) is 9.35. The standard InChI is InChI=1S/C14H22N4O/c1-2-15-12-8-13(16-11-4-3-7-19-9-11)18-14(17-12)10-5-6-10/h8,10-11H,2-7,9H2,1H3,(H2,15,16,17,18). The van der Waals surface area contributed by atoms with Crippen LogP contribution < -0.4 is 10.6 Å². The van der Waals surface area contributed by atoms with Gasteiger partial charge >= 0.3 is 0 Å².